The van der Waals surface area contributed by atoms with Crippen molar-refractivity contribution in [1.29, 1.82) is 0 Å². The smallest absolute Gasteiger partial charge is 0.432 e. The molecule has 0 bridgehead atoms. The Hall–Kier alpha value is -1.56. The lowest BCUT2D eigenvalue weighted by Gasteiger charge is -2.22. The highest BCUT2D eigenvalue weighted by Gasteiger charge is 2.25. The Balaban J connectivity index is 2.95. The molecule has 6 heteroatoms. The molecule has 1 aromatic carbocycles. The molecule has 0 aliphatic carbocycles. The standard InChI is InChI=1S/C12H14BrN3O2/c1-12(2,3)9-6(13)4-5-7-8(9)10(14)15-16(7)11(17)18/h4-5H,1-3H3,(H2,14,15)(H,17,18). The number of halogens is 1. The molecule has 0 aliphatic heterocycles. The Bertz CT molecular complexity index is 641. The number of hydrogen-bond acceptors (Lipinski definition) is 3. The minimum Gasteiger partial charge on any atom is -0.463 e. The second kappa shape index (κ2) is 3.98. The molecule has 0 spiro atoms. The first-order chi connectivity index (χ1) is 8.23. The highest BCUT2D eigenvalue weighted by molar-refractivity contribution is 9.10. The average Bonchev–Trinajstić information content (AvgIpc) is 2.54. The van der Waals surface area contributed by atoms with Gasteiger partial charge in [-0.3, -0.25) is 0 Å². The fourth-order valence-corrected chi connectivity index (χ4v) is 3.02. The summed E-state index contributed by atoms with van der Waals surface area (Å²) in [6, 6.07) is 3.52. The fraction of sp³-hybridized carbons (Fsp3) is 0.333. The van der Waals surface area contributed by atoms with E-state index in [0.29, 0.717) is 10.9 Å². The van der Waals surface area contributed by atoms with Gasteiger partial charge in [-0.1, -0.05) is 36.7 Å². The van der Waals surface area contributed by atoms with E-state index >= 15 is 0 Å². The molecule has 0 amide bonds. The number of benzene rings is 1. The van der Waals surface area contributed by atoms with Crippen LogP contribution in [-0.2, 0) is 5.41 Å². The SMILES string of the molecule is CC(C)(C)c1c(Br)ccc2c1c(N)nn2C(=O)O. The summed E-state index contributed by atoms with van der Waals surface area (Å²) in [7, 11) is 0. The van der Waals surface area contributed by atoms with Gasteiger partial charge < -0.3 is 10.8 Å². The van der Waals surface area contributed by atoms with Crippen LogP contribution < -0.4 is 5.73 Å². The average molecular weight is 312 g/mol. The third kappa shape index (κ3) is 1.86. The van der Waals surface area contributed by atoms with Crippen LogP contribution in [0.25, 0.3) is 10.9 Å². The lowest BCUT2D eigenvalue weighted by molar-refractivity contribution is 0.194. The van der Waals surface area contributed by atoms with Crippen LogP contribution in [0.5, 0.6) is 0 Å². The van der Waals surface area contributed by atoms with Gasteiger partial charge in [0.1, 0.15) is 0 Å². The van der Waals surface area contributed by atoms with E-state index in [4.69, 9.17) is 10.8 Å². The van der Waals surface area contributed by atoms with Gasteiger partial charge in [0.15, 0.2) is 5.82 Å². The maximum absolute atomic E-state index is 11.1. The van der Waals surface area contributed by atoms with E-state index in [9.17, 15) is 4.79 Å². The fourth-order valence-electron chi connectivity index (χ4n) is 2.09. The molecule has 0 saturated heterocycles. The summed E-state index contributed by atoms with van der Waals surface area (Å²) < 4.78 is 1.81. The van der Waals surface area contributed by atoms with E-state index < -0.39 is 6.09 Å². The summed E-state index contributed by atoms with van der Waals surface area (Å²) in [5, 5.41) is 13.7. The van der Waals surface area contributed by atoms with Crippen molar-refractivity contribution in [1.82, 2.24) is 9.78 Å². The minimum absolute atomic E-state index is 0.168. The van der Waals surface area contributed by atoms with Gasteiger partial charge in [-0.2, -0.15) is 4.68 Å². The number of nitrogens with two attached hydrogens (primary N) is 1. The molecule has 0 fully saturated rings. The largest absolute Gasteiger partial charge is 0.463 e. The number of rotatable bonds is 0. The van der Waals surface area contributed by atoms with Crippen LogP contribution in [0.15, 0.2) is 16.6 Å². The van der Waals surface area contributed by atoms with Crippen LogP contribution in [-0.4, -0.2) is 21.0 Å². The first-order valence-electron chi connectivity index (χ1n) is 5.44. The number of nitrogens with zero attached hydrogens (tertiary/aromatic N) is 2. The van der Waals surface area contributed by atoms with E-state index in [0.717, 1.165) is 14.7 Å². The lowest BCUT2D eigenvalue weighted by atomic mass is 9.85. The Morgan fingerprint density at radius 2 is 2.06 bits per heavy atom. The van der Waals surface area contributed by atoms with Crippen molar-refractivity contribution in [2.24, 2.45) is 0 Å². The van der Waals surface area contributed by atoms with Crippen LogP contribution >= 0.6 is 15.9 Å². The van der Waals surface area contributed by atoms with Gasteiger partial charge in [0, 0.05) is 9.86 Å². The van der Waals surface area contributed by atoms with E-state index in [1.807, 2.05) is 26.8 Å². The maximum atomic E-state index is 11.1. The van der Waals surface area contributed by atoms with Gasteiger partial charge in [-0.05, 0) is 23.1 Å². The van der Waals surface area contributed by atoms with Crippen molar-refractivity contribution in [2.45, 2.75) is 26.2 Å². The Morgan fingerprint density at radius 1 is 1.44 bits per heavy atom. The van der Waals surface area contributed by atoms with Crippen LogP contribution in [0.4, 0.5) is 10.6 Å². The number of nitrogen functional groups attached to an aromatic ring is 1. The number of carboxylic acid groups (broad SMARTS) is 1. The van der Waals surface area contributed by atoms with E-state index in [1.54, 1.807) is 6.07 Å². The van der Waals surface area contributed by atoms with Crippen LogP contribution in [0, 0.1) is 0 Å². The molecule has 0 aliphatic rings. The number of carbonyl (C=O) groups is 1. The van der Waals surface area contributed by atoms with Gasteiger partial charge in [0.2, 0.25) is 0 Å². The highest BCUT2D eigenvalue weighted by Crippen LogP contribution is 2.38. The van der Waals surface area contributed by atoms with Crippen LogP contribution in [0.3, 0.4) is 0 Å². The summed E-state index contributed by atoms with van der Waals surface area (Å²) >= 11 is 3.49. The Kier molecular flexibility index (Phi) is 2.85. The van der Waals surface area contributed by atoms with Gasteiger partial charge in [0.05, 0.1) is 5.52 Å². The van der Waals surface area contributed by atoms with Crippen molar-refractivity contribution in [3.8, 4) is 0 Å². The van der Waals surface area contributed by atoms with Crippen LogP contribution in [0.1, 0.15) is 26.3 Å². The first-order valence-corrected chi connectivity index (χ1v) is 6.23. The highest BCUT2D eigenvalue weighted by atomic mass is 79.9. The number of aromatic nitrogens is 2. The Labute approximate surface area is 113 Å². The normalized spacial score (nSPS) is 12.0. The Morgan fingerprint density at radius 3 is 2.56 bits per heavy atom. The molecular weight excluding hydrogens is 298 g/mol. The topological polar surface area (TPSA) is 81.1 Å². The summed E-state index contributed by atoms with van der Waals surface area (Å²) in [6.45, 7) is 6.14. The predicted octanol–water partition coefficient (Wildman–Crippen LogP) is 3.20. The molecule has 3 N–H and O–H groups in total. The molecule has 0 unspecified atom stereocenters. The zero-order chi connectivity index (χ0) is 13.7. The third-order valence-corrected chi connectivity index (χ3v) is 3.42. The molecule has 5 nitrogen and oxygen atoms in total. The lowest BCUT2D eigenvalue weighted by Crippen LogP contribution is -2.13. The van der Waals surface area contributed by atoms with Crippen molar-refractivity contribution in [2.75, 3.05) is 5.73 Å². The second-order valence-electron chi connectivity index (χ2n) is 5.15. The van der Waals surface area contributed by atoms with Gasteiger partial charge in [0.25, 0.3) is 0 Å². The van der Waals surface area contributed by atoms with E-state index in [-0.39, 0.29) is 11.2 Å². The zero-order valence-electron chi connectivity index (χ0n) is 10.4. The molecule has 0 radical (unpaired) electrons. The van der Waals surface area contributed by atoms with Crippen molar-refractivity contribution in [3.05, 3.63) is 22.2 Å². The number of fused-ring (bicyclic) bond motifs is 1. The zero-order valence-corrected chi connectivity index (χ0v) is 11.9. The van der Waals surface area contributed by atoms with E-state index in [1.165, 1.54) is 0 Å². The van der Waals surface area contributed by atoms with Gasteiger partial charge >= 0.3 is 6.09 Å². The van der Waals surface area contributed by atoms with Gasteiger partial charge in [-0.25, -0.2) is 4.79 Å². The summed E-state index contributed by atoms with van der Waals surface area (Å²) in [5.74, 6) is 0.235. The van der Waals surface area contributed by atoms with Gasteiger partial charge in [-0.15, -0.1) is 5.10 Å². The summed E-state index contributed by atoms with van der Waals surface area (Å²) in [5.41, 5.74) is 7.17. The molecule has 96 valence electrons. The third-order valence-electron chi connectivity index (χ3n) is 2.76. The van der Waals surface area contributed by atoms with E-state index in [2.05, 4.69) is 21.0 Å². The monoisotopic (exact) mass is 311 g/mol. The molecule has 1 aromatic heterocycles. The van der Waals surface area contributed by atoms with Crippen molar-refractivity contribution in [3.63, 3.8) is 0 Å². The molecule has 18 heavy (non-hydrogen) atoms. The first kappa shape index (κ1) is 12.9. The molecular formula is C12H14BrN3O2. The molecule has 2 rings (SSSR count). The second-order valence-corrected chi connectivity index (χ2v) is 6.00. The quantitative estimate of drug-likeness (QED) is 0.782. The summed E-state index contributed by atoms with van der Waals surface area (Å²) in [6.07, 6.45) is -1.14. The molecule has 2 aromatic rings. The number of anilines is 1. The summed E-state index contributed by atoms with van der Waals surface area (Å²) in [4.78, 5) is 11.1. The molecule has 0 atom stereocenters. The minimum atomic E-state index is -1.14. The number of hydrogen-bond donors (Lipinski definition) is 2. The van der Waals surface area contributed by atoms with Crippen molar-refractivity contribution >= 4 is 38.7 Å². The van der Waals surface area contributed by atoms with Crippen LogP contribution in [0.2, 0.25) is 0 Å². The predicted molar refractivity (Wildman–Crippen MR) is 74.0 cm³/mol. The van der Waals surface area contributed by atoms with Crippen molar-refractivity contribution < 1.29 is 9.90 Å². The molecule has 0 saturated carbocycles. The molecule has 1 heterocycles. The maximum Gasteiger partial charge on any atom is 0.432 e.